The van der Waals surface area contributed by atoms with Crippen molar-refractivity contribution in [3.8, 4) is 0 Å². The third-order valence-electron chi connectivity index (χ3n) is 3.61. The Morgan fingerprint density at radius 1 is 1.14 bits per heavy atom. The Morgan fingerprint density at radius 2 is 1.90 bits per heavy atom. The van der Waals surface area contributed by atoms with Crippen molar-refractivity contribution >= 4 is 21.4 Å². The smallest absolute Gasteiger partial charge is 0.266 e. The molecule has 0 aliphatic carbocycles. The highest BCUT2D eigenvalue weighted by molar-refractivity contribution is 7.93. The van der Waals surface area contributed by atoms with Gasteiger partial charge in [0, 0.05) is 6.54 Å². The summed E-state index contributed by atoms with van der Waals surface area (Å²) in [4.78, 5) is -0.0550. The summed E-state index contributed by atoms with van der Waals surface area (Å²) < 4.78 is 40.1. The number of nitrogens with zero attached hydrogens (tertiary/aromatic N) is 1. The van der Waals surface area contributed by atoms with Crippen LogP contribution in [0.2, 0.25) is 0 Å². The van der Waals surface area contributed by atoms with Crippen molar-refractivity contribution < 1.29 is 12.8 Å². The van der Waals surface area contributed by atoms with Gasteiger partial charge in [-0.2, -0.15) is 0 Å². The van der Waals surface area contributed by atoms with Crippen LogP contribution < -0.4 is 10.0 Å². The average molecular weight is 306 g/mol. The van der Waals surface area contributed by atoms with Crippen LogP contribution in [0.25, 0.3) is 0 Å². The zero-order valence-electron chi connectivity index (χ0n) is 11.3. The predicted molar refractivity (Wildman–Crippen MR) is 80.1 cm³/mol. The number of halogens is 1. The molecule has 2 aromatic carbocycles. The Balaban J connectivity index is 2.12. The van der Waals surface area contributed by atoms with Crippen molar-refractivity contribution in [2.45, 2.75) is 17.7 Å². The van der Waals surface area contributed by atoms with Gasteiger partial charge in [0.1, 0.15) is 10.7 Å². The fourth-order valence-corrected chi connectivity index (χ4v) is 4.26. The third kappa shape index (κ3) is 2.35. The summed E-state index contributed by atoms with van der Waals surface area (Å²) in [7, 11) is -3.78. The van der Waals surface area contributed by atoms with Crippen molar-refractivity contribution in [1.29, 1.82) is 0 Å². The van der Waals surface area contributed by atoms with Gasteiger partial charge in [0.25, 0.3) is 10.0 Å². The molecule has 0 atom stereocenters. The quantitative estimate of drug-likeness (QED) is 0.867. The molecule has 0 unspecified atom stereocenters. The highest BCUT2D eigenvalue weighted by atomic mass is 32.2. The minimum absolute atomic E-state index is 0.0550. The number of sulfonamides is 1. The first kappa shape index (κ1) is 13.9. The first-order valence-electron chi connectivity index (χ1n) is 6.66. The maximum Gasteiger partial charge on any atom is 0.266 e. The second-order valence-corrected chi connectivity index (χ2v) is 6.82. The first-order valence-corrected chi connectivity index (χ1v) is 8.10. The fraction of sp³-hybridized carbons (Fsp3) is 0.200. The van der Waals surface area contributed by atoms with Crippen LogP contribution in [-0.4, -0.2) is 15.0 Å². The Hall–Kier alpha value is -2.08. The van der Waals surface area contributed by atoms with Crippen molar-refractivity contribution in [3.05, 3.63) is 53.8 Å². The van der Waals surface area contributed by atoms with E-state index in [9.17, 15) is 12.8 Å². The van der Waals surface area contributed by atoms with Crippen molar-refractivity contribution in [1.82, 2.24) is 0 Å². The van der Waals surface area contributed by atoms with E-state index in [1.54, 1.807) is 12.1 Å². The van der Waals surface area contributed by atoms with Crippen molar-refractivity contribution in [2.24, 2.45) is 0 Å². The van der Waals surface area contributed by atoms with Crippen LogP contribution in [0.3, 0.4) is 0 Å². The summed E-state index contributed by atoms with van der Waals surface area (Å²) in [5.74, 6) is -0.550. The lowest BCUT2D eigenvalue weighted by atomic mass is 10.0. The third-order valence-corrected chi connectivity index (χ3v) is 5.49. The summed E-state index contributed by atoms with van der Waals surface area (Å²) in [6.45, 7) is 0.399. The lowest BCUT2D eigenvalue weighted by Crippen LogP contribution is -2.35. The molecule has 1 heterocycles. The molecule has 6 heteroatoms. The maximum absolute atomic E-state index is 13.1. The van der Waals surface area contributed by atoms with Gasteiger partial charge >= 0.3 is 0 Å². The van der Waals surface area contributed by atoms with E-state index in [2.05, 4.69) is 0 Å². The largest absolute Gasteiger partial charge is 0.398 e. The molecule has 0 saturated carbocycles. The Kier molecular flexibility index (Phi) is 3.33. The topological polar surface area (TPSA) is 63.4 Å². The van der Waals surface area contributed by atoms with Crippen LogP contribution in [0, 0.1) is 5.82 Å². The zero-order valence-corrected chi connectivity index (χ0v) is 12.1. The number of para-hydroxylation sites is 1. The van der Waals surface area contributed by atoms with E-state index in [1.807, 2.05) is 12.1 Å². The number of hydrogen-bond donors (Lipinski definition) is 1. The maximum atomic E-state index is 13.1. The minimum atomic E-state index is -3.78. The highest BCUT2D eigenvalue weighted by Crippen LogP contribution is 2.33. The summed E-state index contributed by atoms with van der Waals surface area (Å²) in [5.41, 5.74) is 7.28. The molecule has 0 spiro atoms. The molecule has 0 aromatic heterocycles. The van der Waals surface area contributed by atoms with Gasteiger partial charge in [-0.05, 0) is 42.7 Å². The monoisotopic (exact) mass is 306 g/mol. The number of hydrogen-bond acceptors (Lipinski definition) is 3. The summed E-state index contributed by atoms with van der Waals surface area (Å²) in [6, 6.07) is 10.8. The Labute approximate surface area is 123 Å². The Morgan fingerprint density at radius 3 is 2.67 bits per heavy atom. The average Bonchev–Trinajstić information content (AvgIpc) is 2.46. The molecule has 2 aromatic rings. The molecule has 21 heavy (non-hydrogen) atoms. The normalized spacial score (nSPS) is 14.8. The van der Waals surface area contributed by atoms with Gasteiger partial charge in [-0.25, -0.2) is 12.8 Å². The number of nitrogen functional groups attached to an aromatic ring is 1. The van der Waals surface area contributed by atoms with Crippen LogP contribution in [0.15, 0.2) is 47.4 Å². The van der Waals surface area contributed by atoms with E-state index in [4.69, 9.17) is 5.73 Å². The van der Waals surface area contributed by atoms with Crippen LogP contribution in [0.5, 0.6) is 0 Å². The molecule has 0 bridgehead atoms. The summed E-state index contributed by atoms with van der Waals surface area (Å²) in [6.07, 6.45) is 1.60. The number of benzene rings is 2. The number of nitrogens with two attached hydrogens (primary N) is 1. The lowest BCUT2D eigenvalue weighted by molar-refractivity contribution is 0.586. The van der Waals surface area contributed by atoms with Crippen LogP contribution in [0.1, 0.15) is 12.0 Å². The molecule has 0 amide bonds. The molecule has 110 valence electrons. The molecule has 0 saturated heterocycles. The van der Waals surface area contributed by atoms with Crippen molar-refractivity contribution in [3.63, 3.8) is 0 Å². The molecular weight excluding hydrogens is 291 g/mol. The van der Waals surface area contributed by atoms with E-state index in [-0.39, 0.29) is 10.6 Å². The van der Waals surface area contributed by atoms with E-state index in [0.717, 1.165) is 30.5 Å². The van der Waals surface area contributed by atoms with Gasteiger partial charge in [0.15, 0.2) is 0 Å². The van der Waals surface area contributed by atoms with E-state index in [1.165, 1.54) is 10.4 Å². The van der Waals surface area contributed by atoms with Gasteiger partial charge in [-0.3, -0.25) is 4.31 Å². The van der Waals surface area contributed by atoms with Crippen molar-refractivity contribution in [2.75, 3.05) is 16.6 Å². The predicted octanol–water partition coefficient (Wildman–Crippen LogP) is 2.55. The summed E-state index contributed by atoms with van der Waals surface area (Å²) in [5, 5.41) is 0. The highest BCUT2D eigenvalue weighted by Gasteiger charge is 2.30. The van der Waals surface area contributed by atoms with Gasteiger partial charge < -0.3 is 5.73 Å². The lowest BCUT2D eigenvalue weighted by Gasteiger charge is -2.30. The fourth-order valence-electron chi connectivity index (χ4n) is 2.62. The molecule has 0 radical (unpaired) electrons. The van der Waals surface area contributed by atoms with E-state index >= 15 is 0 Å². The molecule has 1 aliphatic rings. The SMILES string of the molecule is Nc1cc(F)ccc1S(=O)(=O)N1CCCc2ccccc21. The number of aryl methyl sites for hydroxylation is 1. The van der Waals surface area contributed by atoms with Gasteiger partial charge in [0.05, 0.1) is 11.4 Å². The van der Waals surface area contributed by atoms with E-state index in [0.29, 0.717) is 12.2 Å². The van der Waals surface area contributed by atoms with Gasteiger partial charge in [-0.1, -0.05) is 18.2 Å². The second-order valence-electron chi connectivity index (χ2n) is 4.99. The molecular formula is C15H15FN2O2S. The number of rotatable bonds is 2. The second kappa shape index (κ2) is 5.04. The van der Waals surface area contributed by atoms with Crippen LogP contribution in [-0.2, 0) is 16.4 Å². The Bertz CT molecular complexity index is 790. The number of anilines is 2. The van der Waals surface area contributed by atoms with Gasteiger partial charge in [-0.15, -0.1) is 0 Å². The molecule has 4 nitrogen and oxygen atoms in total. The minimum Gasteiger partial charge on any atom is -0.398 e. The van der Waals surface area contributed by atoms with Crippen LogP contribution >= 0.6 is 0 Å². The molecule has 2 N–H and O–H groups in total. The zero-order chi connectivity index (χ0) is 15.0. The van der Waals surface area contributed by atoms with Crippen LogP contribution in [0.4, 0.5) is 15.8 Å². The molecule has 1 aliphatic heterocycles. The summed E-state index contributed by atoms with van der Waals surface area (Å²) >= 11 is 0. The van der Waals surface area contributed by atoms with E-state index < -0.39 is 15.8 Å². The molecule has 0 fully saturated rings. The van der Waals surface area contributed by atoms with Gasteiger partial charge in [0.2, 0.25) is 0 Å². The molecule has 3 rings (SSSR count). The standard InChI is InChI=1S/C15H15FN2O2S/c16-12-7-8-15(13(17)10-12)21(19,20)18-9-3-5-11-4-1-2-6-14(11)18/h1-2,4,6-8,10H,3,5,9,17H2. The number of fused-ring (bicyclic) bond motifs is 1. The first-order chi connectivity index (χ1) is 10.00.